The van der Waals surface area contributed by atoms with E-state index in [-0.39, 0.29) is 11.6 Å². The Kier molecular flexibility index (Phi) is 3.89. The largest absolute Gasteiger partial charge is 0.299 e. The van der Waals surface area contributed by atoms with Gasteiger partial charge in [-0.15, -0.1) is 0 Å². The summed E-state index contributed by atoms with van der Waals surface area (Å²) in [4.78, 5) is 22.8. The standard InChI is InChI=1S/C11H10Cl2O2/c1-6(7(2)14)11(15)8-3-4-9(12)10(13)5-8/h3-6H,1-2H3. The molecule has 0 radical (unpaired) electrons. The summed E-state index contributed by atoms with van der Waals surface area (Å²) < 4.78 is 0. The van der Waals surface area contributed by atoms with Crippen molar-refractivity contribution < 1.29 is 9.59 Å². The summed E-state index contributed by atoms with van der Waals surface area (Å²) in [6.07, 6.45) is 0. The maximum Gasteiger partial charge on any atom is 0.173 e. The molecule has 0 saturated carbocycles. The highest BCUT2D eigenvalue weighted by Crippen LogP contribution is 2.23. The van der Waals surface area contributed by atoms with Crippen LogP contribution in [0, 0.1) is 5.92 Å². The van der Waals surface area contributed by atoms with Gasteiger partial charge in [0.05, 0.1) is 16.0 Å². The topological polar surface area (TPSA) is 34.1 Å². The van der Waals surface area contributed by atoms with Crippen LogP contribution in [0.4, 0.5) is 0 Å². The summed E-state index contributed by atoms with van der Waals surface area (Å²) in [5, 5.41) is 0.710. The van der Waals surface area contributed by atoms with Crippen LogP contribution in [-0.4, -0.2) is 11.6 Å². The number of rotatable bonds is 3. The smallest absolute Gasteiger partial charge is 0.173 e. The molecule has 0 amide bonds. The van der Waals surface area contributed by atoms with Crippen LogP contribution in [0.3, 0.4) is 0 Å². The maximum absolute atomic E-state index is 11.7. The molecule has 0 fully saturated rings. The Hall–Kier alpha value is -0.860. The van der Waals surface area contributed by atoms with Crippen molar-refractivity contribution in [3.05, 3.63) is 33.8 Å². The second-order valence-electron chi connectivity index (χ2n) is 3.33. The second-order valence-corrected chi connectivity index (χ2v) is 4.14. The number of carbonyl (C=O) groups is 2. The SMILES string of the molecule is CC(=O)C(C)C(=O)c1ccc(Cl)c(Cl)c1. The molecule has 0 N–H and O–H groups in total. The zero-order valence-electron chi connectivity index (χ0n) is 8.38. The minimum atomic E-state index is -0.637. The molecule has 0 aliphatic heterocycles. The van der Waals surface area contributed by atoms with Crippen LogP contribution in [0.25, 0.3) is 0 Å². The average molecular weight is 245 g/mol. The van der Waals surface area contributed by atoms with Crippen LogP contribution < -0.4 is 0 Å². The van der Waals surface area contributed by atoms with Crippen LogP contribution in [0.15, 0.2) is 18.2 Å². The number of benzene rings is 1. The van der Waals surface area contributed by atoms with Crippen molar-refractivity contribution in [1.29, 1.82) is 0 Å². The Balaban J connectivity index is 3.02. The fourth-order valence-electron chi connectivity index (χ4n) is 1.08. The first-order chi connectivity index (χ1) is 6.93. The Labute approximate surface area is 98.2 Å². The Bertz CT molecular complexity index is 413. The van der Waals surface area contributed by atoms with Crippen molar-refractivity contribution in [1.82, 2.24) is 0 Å². The zero-order chi connectivity index (χ0) is 11.6. The van der Waals surface area contributed by atoms with Gasteiger partial charge in [-0.25, -0.2) is 0 Å². The van der Waals surface area contributed by atoms with Crippen LogP contribution in [0.2, 0.25) is 10.0 Å². The summed E-state index contributed by atoms with van der Waals surface area (Å²) in [6, 6.07) is 4.59. The number of halogens is 2. The lowest BCUT2D eigenvalue weighted by atomic mass is 9.96. The number of Topliss-reactive ketones (excluding diaryl/α,β-unsaturated/α-hetero) is 2. The molecule has 0 aromatic heterocycles. The van der Waals surface area contributed by atoms with E-state index in [1.54, 1.807) is 19.1 Å². The van der Waals surface area contributed by atoms with E-state index in [2.05, 4.69) is 0 Å². The third kappa shape index (κ3) is 2.80. The van der Waals surface area contributed by atoms with Crippen molar-refractivity contribution in [2.45, 2.75) is 13.8 Å². The lowest BCUT2D eigenvalue weighted by molar-refractivity contribution is -0.118. The lowest BCUT2D eigenvalue weighted by Crippen LogP contribution is -2.18. The molecule has 1 unspecified atom stereocenters. The summed E-state index contributed by atoms with van der Waals surface area (Å²) in [5.41, 5.74) is 0.409. The molecule has 1 rings (SSSR count). The average Bonchev–Trinajstić information content (AvgIpc) is 2.19. The van der Waals surface area contributed by atoms with Crippen molar-refractivity contribution >= 4 is 34.8 Å². The van der Waals surface area contributed by atoms with Crippen molar-refractivity contribution in [2.24, 2.45) is 5.92 Å². The molecular weight excluding hydrogens is 235 g/mol. The minimum Gasteiger partial charge on any atom is -0.299 e. The predicted octanol–water partition coefficient (Wildman–Crippen LogP) is 3.40. The summed E-state index contributed by atoms with van der Waals surface area (Å²) in [6.45, 7) is 2.97. The van der Waals surface area contributed by atoms with E-state index in [1.165, 1.54) is 13.0 Å². The molecule has 80 valence electrons. The van der Waals surface area contributed by atoms with E-state index >= 15 is 0 Å². The normalized spacial score (nSPS) is 12.3. The van der Waals surface area contributed by atoms with E-state index in [4.69, 9.17) is 23.2 Å². The molecule has 0 heterocycles. The third-order valence-corrected chi connectivity index (χ3v) is 2.95. The van der Waals surface area contributed by atoms with Crippen molar-refractivity contribution in [2.75, 3.05) is 0 Å². The molecule has 0 aliphatic rings. The van der Waals surface area contributed by atoms with Crippen molar-refractivity contribution in [3.63, 3.8) is 0 Å². The molecule has 0 spiro atoms. The van der Waals surface area contributed by atoms with Gasteiger partial charge in [-0.1, -0.05) is 23.2 Å². The Morgan fingerprint density at radius 3 is 2.27 bits per heavy atom. The molecule has 0 aliphatic carbocycles. The first-order valence-corrected chi connectivity index (χ1v) is 5.18. The Morgan fingerprint density at radius 1 is 1.20 bits per heavy atom. The molecule has 1 aromatic rings. The summed E-state index contributed by atoms with van der Waals surface area (Å²) in [7, 11) is 0. The van der Waals surface area contributed by atoms with Gasteiger partial charge in [0.25, 0.3) is 0 Å². The molecule has 0 saturated heterocycles. The first kappa shape index (κ1) is 12.2. The monoisotopic (exact) mass is 244 g/mol. The number of carbonyl (C=O) groups excluding carboxylic acids is 2. The Morgan fingerprint density at radius 2 is 1.80 bits per heavy atom. The van der Waals surface area contributed by atoms with Gasteiger partial charge in [0.15, 0.2) is 5.78 Å². The number of ketones is 2. The van der Waals surface area contributed by atoms with Gasteiger partial charge in [0.1, 0.15) is 5.78 Å². The number of hydrogen-bond donors (Lipinski definition) is 0. The highest BCUT2D eigenvalue weighted by molar-refractivity contribution is 6.42. The van der Waals surface area contributed by atoms with Gasteiger partial charge in [0.2, 0.25) is 0 Å². The van der Waals surface area contributed by atoms with Gasteiger partial charge in [-0.2, -0.15) is 0 Å². The lowest BCUT2D eigenvalue weighted by Gasteiger charge is -2.07. The van der Waals surface area contributed by atoms with Crippen LogP contribution in [-0.2, 0) is 4.79 Å². The molecule has 4 heteroatoms. The van der Waals surface area contributed by atoms with Gasteiger partial charge in [-0.05, 0) is 32.0 Å². The maximum atomic E-state index is 11.7. The van der Waals surface area contributed by atoms with E-state index in [1.807, 2.05) is 0 Å². The molecule has 2 nitrogen and oxygen atoms in total. The fourth-order valence-corrected chi connectivity index (χ4v) is 1.38. The van der Waals surface area contributed by atoms with Crippen LogP contribution in [0.5, 0.6) is 0 Å². The first-order valence-electron chi connectivity index (χ1n) is 4.43. The molecule has 1 aromatic carbocycles. The third-order valence-electron chi connectivity index (χ3n) is 2.21. The highest BCUT2D eigenvalue weighted by Gasteiger charge is 2.19. The van der Waals surface area contributed by atoms with Crippen LogP contribution in [0.1, 0.15) is 24.2 Å². The molecule has 1 atom stereocenters. The molecule has 0 bridgehead atoms. The zero-order valence-corrected chi connectivity index (χ0v) is 9.89. The molecule has 15 heavy (non-hydrogen) atoms. The van der Waals surface area contributed by atoms with E-state index in [0.717, 1.165) is 0 Å². The van der Waals surface area contributed by atoms with Gasteiger partial charge in [-0.3, -0.25) is 9.59 Å². The second kappa shape index (κ2) is 4.77. The van der Waals surface area contributed by atoms with E-state index in [0.29, 0.717) is 15.6 Å². The minimum absolute atomic E-state index is 0.161. The van der Waals surface area contributed by atoms with Gasteiger partial charge >= 0.3 is 0 Å². The summed E-state index contributed by atoms with van der Waals surface area (Å²) in [5.74, 6) is -1.03. The highest BCUT2D eigenvalue weighted by atomic mass is 35.5. The van der Waals surface area contributed by atoms with E-state index in [9.17, 15) is 9.59 Å². The van der Waals surface area contributed by atoms with Gasteiger partial charge < -0.3 is 0 Å². The number of hydrogen-bond acceptors (Lipinski definition) is 2. The van der Waals surface area contributed by atoms with Gasteiger partial charge in [0, 0.05) is 5.56 Å². The van der Waals surface area contributed by atoms with E-state index < -0.39 is 5.92 Å². The summed E-state index contributed by atoms with van der Waals surface area (Å²) >= 11 is 11.5. The molecular formula is C11H10Cl2O2. The quantitative estimate of drug-likeness (QED) is 0.604. The predicted molar refractivity (Wildman–Crippen MR) is 60.6 cm³/mol. The fraction of sp³-hybridized carbons (Fsp3) is 0.273. The van der Waals surface area contributed by atoms with Crippen LogP contribution >= 0.6 is 23.2 Å². The van der Waals surface area contributed by atoms with Crippen molar-refractivity contribution in [3.8, 4) is 0 Å².